The predicted octanol–water partition coefficient (Wildman–Crippen LogP) is 3.36. The quantitative estimate of drug-likeness (QED) is 0.834. The average Bonchev–Trinajstić information content (AvgIpc) is 2.37. The highest BCUT2D eigenvalue weighted by molar-refractivity contribution is 7.99. The van der Waals surface area contributed by atoms with Gasteiger partial charge in [0.1, 0.15) is 0 Å². The number of amides is 1. The van der Waals surface area contributed by atoms with Gasteiger partial charge in [-0.2, -0.15) is 11.8 Å². The highest BCUT2D eigenvalue weighted by Crippen LogP contribution is 2.27. The van der Waals surface area contributed by atoms with E-state index in [9.17, 15) is 4.79 Å². The number of thioether (sulfide) groups is 1. The maximum Gasteiger partial charge on any atom is 0.224 e. The Hall–Kier alpha value is -1.16. The Morgan fingerprint density at radius 2 is 2.00 bits per heavy atom. The summed E-state index contributed by atoms with van der Waals surface area (Å²) in [6.45, 7) is 3.94. The molecule has 0 aromatic heterocycles. The Kier molecular flexibility index (Phi) is 4.75. The third-order valence-electron chi connectivity index (χ3n) is 3.70. The normalized spacial score (nSPS) is 16.3. The topological polar surface area (TPSA) is 55.1 Å². The van der Waals surface area contributed by atoms with Gasteiger partial charge in [0.25, 0.3) is 0 Å². The number of carbonyl (C=O) groups is 1. The Morgan fingerprint density at radius 3 is 2.68 bits per heavy atom. The molecule has 0 radical (unpaired) electrons. The van der Waals surface area contributed by atoms with E-state index in [1.54, 1.807) is 0 Å². The van der Waals surface area contributed by atoms with Crippen molar-refractivity contribution in [1.29, 1.82) is 0 Å². The van der Waals surface area contributed by atoms with Crippen molar-refractivity contribution in [3.63, 3.8) is 0 Å². The molecule has 1 aromatic rings. The molecule has 0 spiro atoms. The minimum absolute atomic E-state index is 0.129. The molecule has 0 atom stereocenters. The van der Waals surface area contributed by atoms with Gasteiger partial charge in [0, 0.05) is 17.8 Å². The Bertz CT molecular complexity index is 467. The summed E-state index contributed by atoms with van der Waals surface area (Å²) >= 11 is 1.99. The first-order chi connectivity index (χ1) is 9.06. The number of nitrogen functional groups attached to an aromatic ring is 1. The fourth-order valence-corrected chi connectivity index (χ4v) is 3.59. The molecule has 3 N–H and O–H groups in total. The van der Waals surface area contributed by atoms with E-state index in [1.165, 1.54) is 11.5 Å². The molecule has 1 fully saturated rings. The van der Waals surface area contributed by atoms with Gasteiger partial charge in [0.15, 0.2) is 0 Å². The number of hydrogen-bond acceptors (Lipinski definition) is 3. The van der Waals surface area contributed by atoms with Crippen molar-refractivity contribution >= 4 is 29.0 Å². The Morgan fingerprint density at radius 1 is 1.32 bits per heavy atom. The number of rotatable bonds is 3. The molecule has 4 heteroatoms. The lowest BCUT2D eigenvalue weighted by Gasteiger charge is -2.21. The number of benzene rings is 1. The summed E-state index contributed by atoms with van der Waals surface area (Å²) < 4.78 is 0. The molecule has 0 unspecified atom stereocenters. The lowest BCUT2D eigenvalue weighted by molar-refractivity contribution is -0.117. The number of hydrogen-bond donors (Lipinski definition) is 2. The van der Waals surface area contributed by atoms with Crippen LogP contribution in [0.2, 0.25) is 0 Å². The molecule has 3 nitrogen and oxygen atoms in total. The molecule has 0 bridgehead atoms. The van der Waals surface area contributed by atoms with Crippen LogP contribution in [0.15, 0.2) is 12.1 Å². The van der Waals surface area contributed by atoms with E-state index in [0.29, 0.717) is 12.3 Å². The highest BCUT2D eigenvalue weighted by Gasteiger charge is 2.17. The summed E-state index contributed by atoms with van der Waals surface area (Å²) in [5, 5.41) is 3.02. The zero-order valence-corrected chi connectivity index (χ0v) is 12.5. The number of anilines is 2. The van der Waals surface area contributed by atoms with Crippen molar-refractivity contribution in [3.8, 4) is 0 Å². The first-order valence-electron chi connectivity index (χ1n) is 6.80. The number of nitrogens with two attached hydrogens (primary N) is 1. The minimum atomic E-state index is 0.129. The van der Waals surface area contributed by atoms with Gasteiger partial charge in [0.2, 0.25) is 5.91 Å². The van der Waals surface area contributed by atoms with E-state index in [4.69, 9.17) is 5.73 Å². The van der Waals surface area contributed by atoms with Crippen LogP contribution >= 0.6 is 11.8 Å². The molecule has 0 aliphatic carbocycles. The van der Waals surface area contributed by atoms with Gasteiger partial charge in [-0.05, 0) is 67.4 Å². The van der Waals surface area contributed by atoms with E-state index < -0.39 is 0 Å². The van der Waals surface area contributed by atoms with Crippen molar-refractivity contribution in [2.24, 2.45) is 5.92 Å². The minimum Gasteiger partial charge on any atom is -0.399 e. The van der Waals surface area contributed by atoms with E-state index in [2.05, 4.69) is 5.32 Å². The van der Waals surface area contributed by atoms with Crippen molar-refractivity contribution in [3.05, 3.63) is 23.3 Å². The average molecular weight is 278 g/mol. The summed E-state index contributed by atoms with van der Waals surface area (Å²) in [4.78, 5) is 12.1. The second-order valence-electron chi connectivity index (χ2n) is 5.33. The van der Waals surface area contributed by atoms with Gasteiger partial charge in [-0.1, -0.05) is 0 Å². The van der Waals surface area contributed by atoms with Crippen LogP contribution < -0.4 is 11.1 Å². The van der Waals surface area contributed by atoms with Gasteiger partial charge in [-0.3, -0.25) is 4.79 Å². The van der Waals surface area contributed by atoms with Gasteiger partial charge in [0.05, 0.1) is 0 Å². The first-order valence-corrected chi connectivity index (χ1v) is 7.96. The predicted molar refractivity (Wildman–Crippen MR) is 83.6 cm³/mol. The Labute approximate surface area is 119 Å². The summed E-state index contributed by atoms with van der Waals surface area (Å²) in [6, 6.07) is 3.88. The number of carbonyl (C=O) groups excluding carboxylic acids is 1. The van der Waals surface area contributed by atoms with Crippen LogP contribution in [0.25, 0.3) is 0 Å². The van der Waals surface area contributed by atoms with Gasteiger partial charge >= 0.3 is 0 Å². The molecule has 19 heavy (non-hydrogen) atoms. The summed E-state index contributed by atoms with van der Waals surface area (Å²) in [6.07, 6.45) is 2.97. The van der Waals surface area contributed by atoms with Crippen LogP contribution in [0.4, 0.5) is 11.4 Å². The van der Waals surface area contributed by atoms with Crippen molar-refractivity contribution in [2.45, 2.75) is 33.1 Å². The second kappa shape index (κ2) is 6.33. The summed E-state index contributed by atoms with van der Waals surface area (Å²) in [5.41, 5.74) is 9.56. The van der Waals surface area contributed by atoms with Crippen molar-refractivity contribution < 1.29 is 4.79 Å². The molecule has 104 valence electrons. The molecule has 0 saturated carbocycles. The van der Waals surface area contributed by atoms with Gasteiger partial charge in [-0.25, -0.2) is 0 Å². The molecular formula is C15H22N2OS. The van der Waals surface area contributed by atoms with E-state index in [1.807, 2.05) is 37.7 Å². The summed E-state index contributed by atoms with van der Waals surface area (Å²) in [7, 11) is 0. The number of aryl methyl sites for hydroxylation is 2. The third-order valence-corrected chi connectivity index (χ3v) is 4.75. The van der Waals surface area contributed by atoms with Crippen molar-refractivity contribution in [2.75, 3.05) is 22.6 Å². The molecule has 1 saturated heterocycles. The maximum atomic E-state index is 12.1. The largest absolute Gasteiger partial charge is 0.399 e. The van der Waals surface area contributed by atoms with Crippen LogP contribution in [0.3, 0.4) is 0 Å². The molecule has 1 amide bonds. The zero-order valence-electron chi connectivity index (χ0n) is 11.7. The first kappa shape index (κ1) is 14.3. The van der Waals surface area contributed by atoms with Crippen LogP contribution in [0.1, 0.15) is 30.4 Å². The molecule has 2 rings (SSSR count). The second-order valence-corrected chi connectivity index (χ2v) is 6.56. The van der Waals surface area contributed by atoms with Gasteiger partial charge in [-0.15, -0.1) is 0 Å². The smallest absolute Gasteiger partial charge is 0.224 e. The maximum absolute atomic E-state index is 12.1. The molecular weight excluding hydrogens is 256 g/mol. The fraction of sp³-hybridized carbons (Fsp3) is 0.533. The lowest BCUT2D eigenvalue weighted by Crippen LogP contribution is -2.20. The lowest BCUT2D eigenvalue weighted by atomic mass is 9.98. The van der Waals surface area contributed by atoms with Gasteiger partial charge < -0.3 is 11.1 Å². The van der Waals surface area contributed by atoms with Crippen LogP contribution in [0, 0.1) is 19.8 Å². The van der Waals surface area contributed by atoms with Crippen LogP contribution in [0.5, 0.6) is 0 Å². The SMILES string of the molecule is Cc1cc(NC(=O)CC2CCSCC2)c(C)cc1N. The Balaban J connectivity index is 1.96. The van der Waals surface area contributed by atoms with Crippen LogP contribution in [-0.2, 0) is 4.79 Å². The van der Waals surface area contributed by atoms with E-state index >= 15 is 0 Å². The van der Waals surface area contributed by atoms with E-state index in [0.717, 1.165) is 35.3 Å². The standard InChI is InChI=1S/C15H22N2OS/c1-10-8-14(11(2)7-13(10)16)17-15(18)9-12-3-5-19-6-4-12/h7-8,12H,3-6,9,16H2,1-2H3,(H,17,18). The molecule has 1 aliphatic rings. The number of nitrogens with one attached hydrogen (secondary N) is 1. The monoisotopic (exact) mass is 278 g/mol. The molecule has 1 aromatic carbocycles. The highest BCUT2D eigenvalue weighted by atomic mass is 32.2. The third kappa shape index (κ3) is 3.90. The van der Waals surface area contributed by atoms with E-state index in [-0.39, 0.29) is 5.91 Å². The van der Waals surface area contributed by atoms with Crippen LogP contribution in [-0.4, -0.2) is 17.4 Å². The fourth-order valence-electron chi connectivity index (χ4n) is 2.39. The van der Waals surface area contributed by atoms with Crippen molar-refractivity contribution in [1.82, 2.24) is 0 Å². The summed E-state index contributed by atoms with van der Waals surface area (Å²) in [5.74, 6) is 3.07. The zero-order chi connectivity index (χ0) is 13.8. The molecule has 1 aliphatic heterocycles. The molecule has 1 heterocycles.